The van der Waals surface area contributed by atoms with Gasteiger partial charge in [0.05, 0.1) is 0 Å². The molecule has 6 heavy (non-hydrogen) atoms. The van der Waals surface area contributed by atoms with Gasteiger partial charge < -0.3 is 0 Å². The first-order valence-corrected chi connectivity index (χ1v) is 9.76. The van der Waals surface area contributed by atoms with E-state index in [0.29, 0.717) is 3.43 Å². The van der Waals surface area contributed by atoms with Gasteiger partial charge in [0.15, 0.2) is 0 Å². The average Bonchev–Trinajstić information content (AvgIpc) is 1.35. The maximum atomic E-state index is 3.54. The van der Waals surface area contributed by atoms with Crippen molar-refractivity contribution >= 4 is 31.6 Å². The van der Waals surface area contributed by atoms with E-state index in [9.17, 15) is 0 Å². The summed E-state index contributed by atoms with van der Waals surface area (Å²) in [6.45, 7) is 6.82. The van der Waals surface area contributed by atoms with Crippen LogP contribution in [0, 0.1) is 0 Å². The number of halogens is 1. The van der Waals surface area contributed by atoms with Gasteiger partial charge in [-0.05, 0) is 0 Å². The first-order chi connectivity index (χ1) is 2.56. The molecule has 0 atom stereocenters. The maximum absolute atomic E-state index is 3.54. The Kier molecular flexibility index (Phi) is 3.10. The zero-order valence-electron chi connectivity index (χ0n) is 4.38. The molecule has 0 unspecified atom stereocenters. The van der Waals surface area contributed by atoms with Crippen LogP contribution in [0.1, 0.15) is 20.8 Å². The third-order valence-electron chi connectivity index (χ3n) is 0.283. The summed E-state index contributed by atoms with van der Waals surface area (Å²) in [5, 5.41) is 0. The summed E-state index contributed by atoms with van der Waals surface area (Å²) in [6.07, 6.45) is 0. The van der Waals surface area contributed by atoms with Crippen molar-refractivity contribution in [3.63, 3.8) is 0 Å². The van der Waals surface area contributed by atoms with Crippen LogP contribution in [0.3, 0.4) is 0 Å². The van der Waals surface area contributed by atoms with Gasteiger partial charge in [0.1, 0.15) is 0 Å². The van der Waals surface area contributed by atoms with E-state index in [2.05, 4.69) is 33.5 Å². The fourth-order valence-corrected chi connectivity index (χ4v) is 0. The van der Waals surface area contributed by atoms with Crippen LogP contribution in [0.2, 0.25) is 3.43 Å². The molecule has 0 bridgehead atoms. The molecular weight excluding hydrogens is 247 g/mol. The van der Waals surface area contributed by atoms with E-state index in [1.807, 2.05) is 0 Å². The molecule has 2 radical (unpaired) electrons. The summed E-state index contributed by atoms with van der Waals surface area (Å²) >= 11 is 3.38. The van der Waals surface area contributed by atoms with Gasteiger partial charge in [0, 0.05) is 0 Å². The van der Waals surface area contributed by atoms with Crippen LogP contribution in [0.5, 0.6) is 0 Å². The van der Waals surface area contributed by atoms with Gasteiger partial charge >= 0.3 is 55.8 Å². The normalized spacial score (nSPS) is 12.0. The van der Waals surface area contributed by atoms with E-state index >= 15 is 0 Å². The van der Waals surface area contributed by atoms with Gasteiger partial charge in [0.25, 0.3) is 0 Å². The number of rotatable bonds is 0. The Balaban J connectivity index is 3.17. The molecule has 0 spiro atoms. The Morgan fingerprint density at radius 1 is 1.33 bits per heavy atom. The second kappa shape index (κ2) is 2.55. The molecule has 0 saturated heterocycles. The first-order valence-electron chi connectivity index (χ1n) is 1.94. The van der Waals surface area contributed by atoms with Crippen LogP contribution in [0.4, 0.5) is 0 Å². The summed E-state index contributed by atoms with van der Waals surface area (Å²) < 4.78 is 0.628. The number of hydrogen-bond acceptors (Lipinski definition) is 0. The third kappa shape index (κ3) is 5.28. The molecule has 0 aliphatic rings. The quantitative estimate of drug-likeness (QED) is 0.583. The van der Waals surface area contributed by atoms with Crippen molar-refractivity contribution in [1.29, 1.82) is 0 Å². The standard InChI is InChI=1S/C4H9.BrH.Sn/c1-4(2)3;;/h1-3H3;1H;/q;;+1/p-1. The van der Waals surface area contributed by atoms with Crippen molar-refractivity contribution < 1.29 is 0 Å². The van der Waals surface area contributed by atoms with Gasteiger partial charge in [-0.25, -0.2) is 0 Å². The van der Waals surface area contributed by atoms with Crippen molar-refractivity contribution in [2.75, 3.05) is 0 Å². The second-order valence-corrected chi connectivity index (χ2v) is 9.82. The average molecular weight is 256 g/mol. The minimum atomic E-state index is -0.163. The minimum absolute atomic E-state index is 0.163. The van der Waals surface area contributed by atoms with E-state index in [1.165, 1.54) is 0 Å². The Labute approximate surface area is 55.7 Å². The van der Waals surface area contributed by atoms with Crippen LogP contribution in [-0.2, 0) is 0 Å². The zero-order chi connectivity index (χ0) is 5.21. The summed E-state index contributed by atoms with van der Waals surface area (Å²) in [5.74, 6) is 0. The predicted octanol–water partition coefficient (Wildman–Crippen LogP) is 2.22. The molecule has 0 N–H and O–H groups in total. The molecular formula is C4H9BrSn. The van der Waals surface area contributed by atoms with Gasteiger partial charge in [-0.3, -0.25) is 0 Å². The third-order valence-corrected chi connectivity index (χ3v) is 9.88. The molecule has 0 amide bonds. The second-order valence-electron chi connectivity index (χ2n) is 2.34. The Bertz CT molecular complexity index is 37.3. The SMILES string of the molecule is C[C](C)(C)[Sn][Br]. The Morgan fingerprint density at radius 2 is 1.50 bits per heavy atom. The molecule has 2 heteroatoms. The van der Waals surface area contributed by atoms with Crippen molar-refractivity contribution in [3.8, 4) is 0 Å². The monoisotopic (exact) mass is 256 g/mol. The fraction of sp³-hybridized carbons (Fsp3) is 1.00. The molecule has 0 aromatic carbocycles. The van der Waals surface area contributed by atoms with Crippen molar-refractivity contribution in [2.24, 2.45) is 0 Å². The summed E-state index contributed by atoms with van der Waals surface area (Å²) in [4.78, 5) is 0. The van der Waals surface area contributed by atoms with Crippen molar-refractivity contribution in [3.05, 3.63) is 0 Å². The van der Waals surface area contributed by atoms with Crippen LogP contribution in [-0.4, -0.2) is 18.9 Å². The Hall–Kier alpha value is 1.28. The summed E-state index contributed by atoms with van der Waals surface area (Å²) in [7, 11) is 0. The first kappa shape index (κ1) is 7.28. The van der Waals surface area contributed by atoms with Crippen molar-refractivity contribution in [2.45, 2.75) is 24.2 Å². The molecule has 0 aliphatic carbocycles. The van der Waals surface area contributed by atoms with Gasteiger partial charge in [-0.1, -0.05) is 0 Å². The fourth-order valence-electron chi connectivity index (χ4n) is 0. The van der Waals surface area contributed by atoms with E-state index in [4.69, 9.17) is 0 Å². The molecule has 0 rings (SSSR count). The summed E-state index contributed by atoms with van der Waals surface area (Å²) in [6, 6.07) is 0. The number of hydrogen-bond donors (Lipinski definition) is 0. The van der Waals surface area contributed by atoms with E-state index < -0.39 is 0 Å². The van der Waals surface area contributed by atoms with E-state index in [1.54, 1.807) is 0 Å². The topological polar surface area (TPSA) is 0 Å². The zero-order valence-corrected chi connectivity index (χ0v) is 8.82. The van der Waals surface area contributed by atoms with Crippen LogP contribution in [0.15, 0.2) is 0 Å². The Morgan fingerprint density at radius 3 is 1.50 bits per heavy atom. The predicted molar refractivity (Wildman–Crippen MR) is 34.4 cm³/mol. The van der Waals surface area contributed by atoms with Crippen molar-refractivity contribution in [1.82, 2.24) is 0 Å². The molecule has 0 heterocycles. The van der Waals surface area contributed by atoms with Crippen LogP contribution in [0.25, 0.3) is 0 Å². The summed E-state index contributed by atoms with van der Waals surface area (Å²) in [5.41, 5.74) is 0. The molecule has 0 aliphatic heterocycles. The van der Waals surface area contributed by atoms with Gasteiger partial charge in [-0.2, -0.15) is 0 Å². The van der Waals surface area contributed by atoms with Gasteiger partial charge in [0.2, 0.25) is 0 Å². The van der Waals surface area contributed by atoms with E-state index in [-0.39, 0.29) is 18.9 Å². The van der Waals surface area contributed by atoms with Crippen LogP contribution >= 0.6 is 12.7 Å². The molecule has 0 saturated carbocycles. The molecule has 36 valence electrons. The molecule has 0 aromatic heterocycles. The van der Waals surface area contributed by atoms with E-state index in [0.717, 1.165) is 0 Å². The molecule has 0 fully saturated rings. The van der Waals surface area contributed by atoms with Gasteiger partial charge in [-0.15, -0.1) is 0 Å². The van der Waals surface area contributed by atoms with Crippen LogP contribution < -0.4 is 0 Å². The molecule has 0 aromatic rings. The molecule has 0 nitrogen and oxygen atoms in total.